The van der Waals surface area contributed by atoms with Crippen molar-refractivity contribution >= 4 is 22.7 Å². The number of benzene rings is 2. The van der Waals surface area contributed by atoms with E-state index in [1.54, 1.807) is 12.2 Å². The van der Waals surface area contributed by atoms with Gasteiger partial charge in [-0.2, -0.15) is 8.42 Å². The smallest absolute Gasteiger partial charge is 0.488 e. The number of rotatable bonds is 4. The van der Waals surface area contributed by atoms with Crippen LogP contribution in [-0.4, -0.2) is 18.6 Å². The van der Waals surface area contributed by atoms with Crippen LogP contribution < -0.4 is 4.18 Å². The minimum atomic E-state index is -5.03. The average Bonchev–Trinajstić information content (AvgIpc) is 2.35. The molecule has 5 nitrogen and oxygen atoms in total. The lowest BCUT2D eigenvalue weighted by molar-refractivity contribution is 0.440. The topological polar surface area (TPSA) is 83.8 Å². The first-order valence-electron chi connectivity index (χ1n) is 5.77. The maximum Gasteiger partial charge on any atom is 0.488 e. The Hall–Kier alpha value is -2.54. The van der Waals surface area contributed by atoms with Gasteiger partial charge >= 0.3 is 10.5 Å². The zero-order valence-electron chi connectivity index (χ0n) is 10.6. The van der Waals surface area contributed by atoms with Gasteiger partial charge in [0.15, 0.2) is 0 Å². The Bertz CT molecular complexity index is 746. The van der Waals surface area contributed by atoms with Crippen LogP contribution >= 0.6 is 0 Å². The van der Waals surface area contributed by atoms with E-state index in [0.29, 0.717) is 11.1 Å². The van der Waals surface area contributed by atoms with Gasteiger partial charge in [-0.25, -0.2) is 0 Å². The van der Waals surface area contributed by atoms with Crippen LogP contribution in [0.25, 0.3) is 12.2 Å². The van der Waals surface area contributed by atoms with Crippen LogP contribution in [-0.2, 0) is 10.5 Å². The van der Waals surface area contributed by atoms with E-state index in [9.17, 15) is 22.5 Å². The van der Waals surface area contributed by atoms with Crippen LogP contribution in [0.1, 0.15) is 11.1 Å². The third kappa shape index (κ3) is 4.81. The van der Waals surface area contributed by atoms with Gasteiger partial charge in [-0.05, 0) is 35.4 Å². The lowest BCUT2D eigenvalue weighted by Crippen LogP contribution is -2.00. The van der Waals surface area contributed by atoms with Gasteiger partial charge in [0.1, 0.15) is 17.2 Å². The molecule has 0 spiro atoms. The fourth-order valence-electron chi connectivity index (χ4n) is 1.66. The van der Waals surface area contributed by atoms with Crippen molar-refractivity contribution in [3.63, 3.8) is 0 Å². The van der Waals surface area contributed by atoms with Gasteiger partial charge in [-0.15, -0.1) is 0 Å². The molecule has 0 aromatic heterocycles. The first kappa shape index (κ1) is 14.9. The molecule has 21 heavy (non-hydrogen) atoms. The zero-order valence-corrected chi connectivity index (χ0v) is 11.4. The molecule has 2 rings (SSSR count). The van der Waals surface area contributed by atoms with Crippen molar-refractivity contribution in [2.45, 2.75) is 0 Å². The number of phenolic OH excluding ortho intramolecular Hbond substituents is 2. The van der Waals surface area contributed by atoms with E-state index in [1.807, 2.05) is 0 Å². The Labute approximate surface area is 121 Å². The third-order valence-electron chi connectivity index (χ3n) is 2.47. The second kappa shape index (κ2) is 5.84. The van der Waals surface area contributed by atoms with Gasteiger partial charge in [0.25, 0.3) is 0 Å². The predicted octanol–water partition coefficient (Wildman–Crippen LogP) is 2.86. The summed E-state index contributed by atoms with van der Waals surface area (Å²) in [4.78, 5) is 0. The molecule has 0 bridgehead atoms. The van der Waals surface area contributed by atoms with Crippen LogP contribution in [0.15, 0.2) is 42.5 Å². The number of halogens is 1. The third-order valence-corrected chi connectivity index (χ3v) is 2.86. The van der Waals surface area contributed by atoms with Crippen molar-refractivity contribution < 1.29 is 26.7 Å². The maximum absolute atomic E-state index is 12.3. The molecule has 0 saturated heterocycles. The number of hydrogen-bond acceptors (Lipinski definition) is 5. The van der Waals surface area contributed by atoms with E-state index in [4.69, 9.17) is 0 Å². The second-order valence-corrected chi connectivity index (χ2v) is 5.11. The van der Waals surface area contributed by atoms with Crippen molar-refractivity contribution in [2.24, 2.45) is 0 Å². The predicted molar refractivity (Wildman–Crippen MR) is 75.8 cm³/mol. The maximum atomic E-state index is 12.3. The van der Waals surface area contributed by atoms with Gasteiger partial charge in [0.05, 0.1) is 0 Å². The summed E-state index contributed by atoms with van der Waals surface area (Å²) in [6, 6.07) is 9.79. The van der Waals surface area contributed by atoms with E-state index >= 15 is 0 Å². The molecule has 7 heteroatoms. The highest BCUT2D eigenvalue weighted by Gasteiger charge is 2.08. The zero-order chi connectivity index (χ0) is 15.5. The van der Waals surface area contributed by atoms with Crippen molar-refractivity contribution in [2.75, 3.05) is 0 Å². The lowest BCUT2D eigenvalue weighted by atomic mass is 10.1. The number of aromatic hydroxyl groups is 2. The van der Waals surface area contributed by atoms with E-state index < -0.39 is 10.5 Å². The van der Waals surface area contributed by atoms with Crippen LogP contribution in [0.2, 0.25) is 0 Å². The molecule has 0 unspecified atom stereocenters. The molecule has 0 aliphatic rings. The fraction of sp³-hybridized carbons (Fsp3) is 0. The molecule has 110 valence electrons. The SMILES string of the molecule is O=S(=O)(F)Oc1ccc(/C=C/c2cc(O)cc(O)c2)cc1. The molecule has 0 aliphatic heterocycles. The first-order chi connectivity index (χ1) is 9.82. The van der Waals surface area contributed by atoms with E-state index in [1.165, 1.54) is 42.5 Å². The Morgan fingerprint density at radius 3 is 1.95 bits per heavy atom. The summed E-state index contributed by atoms with van der Waals surface area (Å²) >= 11 is 0. The standard InChI is InChI=1S/C14H11FO5S/c15-21(18,19)20-14-5-3-10(4-6-14)1-2-11-7-12(16)9-13(17)8-11/h1-9,16-17H/b2-1+. The van der Waals surface area contributed by atoms with Crippen molar-refractivity contribution in [1.82, 2.24) is 0 Å². The minimum absolute atomic E-state index is 0.0634. The van der Waals surface area contributed by atoms with Gasteiger partial charge in [-0.3, -0.25) is 0 Å². The molecule has 2 aromatic carbocycles. The molecule has 0 aliphatic carbocycles. The normalized spacial score (nSPS) is 11.7. The Balaban J connectivity index is 2.14. The quantitative estimate of drug-likeness (QED) is 0.670. The van der Waals surface area contributed by atoms with Crippen molar-refractivity contribution in [1.29, 1.82) is 0 Å². The minimum Gasteiger partial charge on any atom is -0.508 e. The van der Waals surface area contributed by atoms with E-state index in [-0.39, 0.29) is 17.2 Å². The molecule has 0 radical (unpaired) electrons. The highest BCUT2D eigenvalue weighted by atomic mass is 32.3. The number of phenols is 2. The summed E-state index contributed by atoms with van der Waals surface area (Å²) < 4.78 is 37.0. The second-order valence-electron chi connectivity index (χ2n) is 4.16. The average molecular weight is 310 g/mol. The molecule has 2 aromatic rings. The summed E-state index contributed by atoms with van der Waals surface area (Å²) in [5.74, 6) is -0.261. The largest absolute Gasteiger partial charge is 0.508 e. The van der Waals surface area contributed by atoms with Gasteiger partial charge in [-0.1, -0.05) is 28.2 Å². The van der Waals surface area contributed by atoms with Crippen LogP contribution in [0.3, 0.4) is 0 Å². The highest BCUT2D eigenvalue weighted by molar-refractivity contribution is 7.81. The van der Waals surface area contributed by atoms with E-state index in [2.05, 4.69) is 4.18 Å². The molecule has 0 heterocycles. The van der Waals surface area contributed by atoms with Crippen molar-refractivity contribution in [3.05, 3.63) is 53.6 Å². The van der Waals surface area contributed by atoms with Crippen LogP contribution in [0.5, 0.6) is 17.2 Å². The number of hydrogen-bond donors (Lipinski definition) is 2. The fourth-order valence-corrected chi connectivity index (χ4v) is 2.00. The van der Waals surface area contributed by atoms with Crippen LogP contribution in [0, 0.1) is 0 Å². The van der Waals surface area contributed by atoms with Gasteiger partial charge in [0.2, 0.25) is 0 Å². The van der Waals surface area contributed by atoms with E-state index in [0.717, 1.165) is 0 Å². The summed E-state index contributed by atoms with van der Waals surface area (Å²) in [5.41, 5.74) is 1.28. The molecular formula is C14H11FO5S. The summed E-state index contributed by atoms with van der Waals surface area (Å²) in [6.45, 7) is 0. The first-order valence-corrected chi connectivity index (χ1v) is 7.08. The Kier molecular flexibility index (Phi) is 4.13. The van der Waals surface area contributed by atoms with Gasteiger partial charge in [0, 0.05) is 6.07 Å². The molecule has 0 saturated carbocycles. The van der Waals surface area contributed by atoms with Gasteiger partial charge < -0.3 is 14.4 Å². The molecular weight excluding hydrogens is 299 g/mol. The monoisotopic (exact) mass is 310 g/mol. The highest BCUT2D eigenvalue weighted by Crippen LogP contribution is 2.22. The van der Waals surface area contributed by atoms with Crippen molar-refractivity contribution in [3.8, 4) is 17.2 Å². The molecule has 2 N–H and O–H groups in total. The summed E-state index contributed by atoms with van der Waals surface area (Å²) in [7, 11) is -5.03. The molecule has 0 amide bonds. The molecule has 0 atom stereocenters. The Morgan fingerprint density at radius 2 is 1.43 bits per heavy atom. The molecule has 0 fully saturated rings. The van der Waals surface area contributed by atoms with Crippen LogP contribution in [0.4, 0.5) is 3.89 Å². The summed E-state index contributed by atoms with van der Waals surface area (Å²) in [5, 5.41) is 18.7. The Morgan fingerprint density at radius 1 is 0.905 bits per heavy atom. The lowest BCUT2D eigenvalue weighted by Gasteiger charge is -2.01. The summed E-state index contributed by atoms with van der Waals surface area (Å²) in [6.07, 6.45) is 3.31.